The number of rotatable bonds is 7. The number of benzene rings is 9. The molecule has 0 bridgehead atoms. The average molecular weight is 833 g/mol. The molecule has 0 aliphatic heterocycles. The minimum atomic E-state index is 0.593. The van der Waals surface area contributed by atoms with Crippen molar-refractivity contribution in [3.8, 4) is 68.1 Å². The second kappa shape index (κ2) is 14.9. The van der Waals surface area contributed by atoms with E-state index < -0.39 is 0 Å². The fraction of sp³-hybridized carbons (Fsp3) is 0. The highest BCUT2D eigenvalue weighted by Crippen LogP contribution is 2.43. The second-order valence-electron chi connectivity index (χ2n) is 16.2. The molecule has 0 aliphatic carbocycles. The summed E-state index contributed by atoms with van der Waals surface area (Å²) in [5.74, 6) is 2.43. The van der Waals surface area contributed by atoms with Crippen molar-refractivity contribution in [1.82, 2.24) is 29.1 Å². The Hall–Kier alpha value is -8.94. The van der Waals surface area contributed by atoms with Gasteiger partial charge in [0.25, 0.3) is 0 Å². The van der Waals surface area contributed by atoms with E-state index in [0.717, 1.165) is 94.1 Å². The van der Waals surface area contributed by atoms with Crippen molar-refractivity contribution in [2.45, 2.75) is 0 Å². The largest absolute Gasteiger partial charge is 0.434 e. The Morgan fingerprint density at radius 2 is 0.815 bits per heavy atom. The van der Waals surface area contributed by atoms with Crippen molar-refractivity contribution in [2.75, 3.05) is 0 Å². The van der Waals surface area contributed by atoms with Crippen LogP contribution >= 0.6 is 0 Å². The van der Waals surface area contributed by atoms with E-state index >= 15 is 0 Å². The van der Waals surface area contributed by atoms with Crippen LogP contribution in [0.25, 0.3) is 123 Å². The third kappa shape index (κ3) is 6.05. The Morgan fingerprint density at radius 1 is 0.323 bits per heavy atom. The van der Waals surface area contributed by atoms with Gasteiger partial charge in [0.15, 0.2) is 23.1 Å². The van der Waals surface area contributed by atoms with Crippen LogP contribution in [0, 0.1) is 0 Å². The number of fused-ring (bicyclic) bond motifs is 8. The summed E-state index contributed by atoms with van der Waals surface area (Å²) in [7, 11) is 0. The Labute approximate surface area is 373 Å². The number of nitrogens with zero attached hydrogens (tertiary/aromatic N) is 6. The maximum atomic E-state index is 6.69. The molecule has 7 heteroatoms. The molecule has 0 fully saturated rings. The number of hydrogen-bond donors (Lipinski definition) is 0. The van der Waals surface area contributed by atoms with Gasteiger partial charge in [0.1, 0.15) is 5.52 Å². The van der Waals surface area contributed by atoms with Crippen LogP contribution in [0.15, 0.2) is 223 Å². The van der Waals surface area contributed by atoms with Gasteiger partial charge in [0.05, 0.1) is 27.8 Å². The first-order valence-electron chi connectivity index (χ1n) is 21.7. The lowest BCUT2D eigenvalue weighted by molar-refractivity contribution is 0.618. The first kappa shape index (κ1) is 36.7. The zero-order chi connectivity index (χ0) is 42.8. The van der Waals surface area contributed by atoms with E-state index in [9.17, 15) is 0 Å². The molecule has 7 nitrogen and oxygen atoms in total. The standard InChI is InChI=1S/C58H36N6O/c1-4-16-37(17-5-1)41-22-14-23-42(36-41)57-61-55(38-18-6-2-7-19-38)60-56(62-57)39-30-32-43(33-31-39)63-49-27-12-10-24-44(49)46-34-35-47-45-25-11-13-28-50(45)64(53(47)52(46)63)51-29-15-26-48-54(51)65-58(59-48)40-20-8-3-9-21-40/h1-36H. The molecular weight excluding hydrogens is 797 g/mol. The molecular formula is C58H36N6O. The summed E-state index contributed by atoms with van der Waals surface area (Å²) >= 11 is 0. The summed E-state index contributed by atoms with van der Waals surface area (Å²) < 4.78 is 11.5. The summed E-state index contributed by atoms with van der Waals surface area (Å²) in [6.45, 7) is 0. The highest BCUT2D eigenvalue weighted by Gasteiger charge is 2.24. The van der Waals surface area contributed by atoms with E-state index in [1.807, 2.05) is 72.8 Å². The molecule has 0 atom stereocenters. The van der Waals surface area contributed by atoms with Gasteiger partial charge < -0.3 is 13.6 Å². The monoisotopic (exact) mass is 832 g/mol. The van der Waals surface area contributed by atoms with E-state index in [1.165, 1.54) is 5.39 Å². The van der Waals surface area contributed by atoms with Crippen LogP contribution < -0.4 is 0 Å². The molecule has 0 N–H and O–H groups in total. The maximum Gasteiger partial charge on any atom is 0.227 e. The van der Waals surface area contributed by atoms with Crippen molar-refractivity contribution in [3.05, 3.63) is 218 Å². The molecule has 4 aromatic heterocycles. The van der Waals surface area contributed by atoms with Crippen molar-refractivity contribution in [2.24, 2.45) is 0 Å². The van der Waals surface area contributed by atoms with Gasteiger partial charge in [-0.1, -0.05) is 152 Å². The number of oxazole rings is 1. The van der Waals surface area contributed by atoms with Crippen molar-refractivity contribution >= 4 is 54.7 Å². The molecule has 0 radical (unpaired) electrons. The fourth-order valence-corrected chi connectivity index (χ4v) is 9.41. The Morgan fingerprint density at radius 3 is 1.48 bits per heavy atom. The molecule has 13 aromatic rings. The van der Waals surface area contributed by atoms with E-state index in [1.54, 1.807) is 0 Å². The van der Waals surface area contributed by atoms with Crippen LogP contribution in [0.1, 0.15) is 0 Å². The van der Waals surface area contributed by atoms with Gasteiger partial charge in [-0.3, -0.25) is 0 Å². The van der Waals surface area contributed by atoms with E-state index in [0.29, 0.717) is 23.4 Å². The fourth-order valence-electron chi connectivity index (χ4n) is 9.41. The zero-order valence-corrected chi connectivity index (χ0v) is 34.9. The molecule has 4 heterocycles. The molecule has 0 saturated heterocycles. The molecule has 9 aromatic carbocycles. The van der Waals surface area contributed by atoms with Crippen molar-refractivity contribution in [3.63, 3.8) is 0 Å². The third-order valence-electron chi connectivity index (χ3n) is 12.4. The number of aromatic nitrogens is 6. The normalized spacial score (nSPS) is 11.7. The van der Waals surface area contributed by atoms with E-state index in [-0.39, 0.29) is 0 Å². The Kier molecular flexibility index (Phi) is 8.39. The van der Waals surface area contributed by atoms with Crippen LogP contribution in [0.3, 0.4) is 0 Å². The second-order valence-corrected chi connectivity index (χ2v) is 16.2. The highest BCUT2D eigenvalue weighted by atomic mass is 16.3. The molecule has 0 saturated carbocycles. The van der Waals surface area contributed by atoms with Crippen molar-refractivity contribution < 1.29 is 4.42 Å². The molecule has 13 rings (SSSR count). The minimum Gasteiger partial charge on any atom is -0.434 e. The van der Waals surface area contributed by atoms with Gasteiger partial charge in [-0.25, -0.2) is 19.9 Å². The van der Waals surface area contributed by atoms with Gasteiger partial charge >= 0.3 is 0 Å². The van der Waals surface area contributed by atoms with Crippen molar-refractivity contribution in [1.29, 1.82) is 0 Å². The number of hydrogen-bond acceptors (Lipinski definition) is 5. The van der Waals surface area contributed by atoms with Crippen LogP contribution in [-0.2, 0) is 0 Å². The quantitative estimate of drug-likeness (QED) is 0.160. The lowest BCUT2D eigenvalue weighted by atomic mass is 10.0. The van der Waals surface area contributed by atoms with E-state index in [4.69, 9.17) is 24.4 Å². The SMILES string of the molecule is c1ccc(-c2cccc(-c3nc(-c4ccccc4)nc(-c4ccc(-n5c6ccccc6c6ccc7c8ccccc8n(-c8cccc9nc(-c%10ccccc%10)oc89)c7c65)cc4)n3)c2)cc1. The van der Waals surface area contributed by atoms with Crippen LogP contribution in [-0.4, -0.2) is 29.1 Å². The van der Waals surface area contributed by atoms with Gasteiger partial charge in [-0.05, 0) is 77.9 Å². The van der Waals surface area contributed by atoms with Gasteiger partial charge in [0, 0.05) is 49.5 Å². The topological polar surface area (TPSA) is 74.6 Å². The smallest absolute Gasteiger partial charge is 0.227 e. The molecule has 0 amide bonds. The predicted octanol–water partition coefficient (Wildman–Crippen LogP) is 14.5. The first-order chi connectivity index (χ1) is 32.2. The third-order valence-corrected chi connectivity index (χ3v) is 12.4. The van der Waals surface area contributed by atoms with Crippen LogP contribution in [0.4, 0.5) is 0 Å². The van der Waals surface area contributed by atoms with Gasteiger partial charge in [-0.15, -0.1) is 0 Å². The molecule has 0 unspecified atom stereocenters. The van der Waals surface area contributed by atoms with E-state index in [2.05, 4.69) is 155 Å². The lowest BCUT2D eigenvalue weighted by Gasteiger charge is -2.13. The zero-order valence-electron chi connectivity index (χ0n) is 34.9. The van der Waals surface area contributed by atoms with Crippen LogP contribution in [0.5, 0.6) is 0 Å². The molecule has 304 valence electrons. The number of para-hydroxylation sites is 3. The maximum absolute atomic E-state index is 6.69. The summed E-state index contributed by atoms with van der Waals surface area (Å²) in [5, 5.41) is 4.63. The molecule has 0 aliphatic rings. The van der Waals surface area contributed by atoms with Crippen LogP contribution in [0.2, 0.25) is 0 Å². The minimum absolute atomic E-state index is 0.593. The summed E-state index contributed by atoms with van der Waals surface area (Å²) in [6, 6.07) is 75.7. The van der Waals surface area contributed by atoms with Gasteiger partial charge in [-0.2, -0.15) is 0 Å². The predicted molar refractivity (Wildman–Crippen MR) is 263 cm³/mol. The molecule has 0 spiro atoms. The molecule has 65 heavy (non-hydrogen) atoms. The Balaban J connectivity index is 1.01. The Bertz CT molecular complexity index is 3930. The first-order valence-corrected chi connectivity index (χ1v) is 21.7. The summed E-state index contributed by atoms with van der Waals surface area (Å²) in [6.07, 6.45) is 0. The summed E-state index contributed by atoms with van der Waals surface area (Å²) in [5.41, 5.74) is 13.8. The highest BCUT2D eigenvalue weighted by molar-refractivity contribution is 6.24. The lowest BCUT2D eigenvalue weighted by Crippen LogP contribution is -2.01. The summed E-state index contributed by atoms with van der Waals surface area (Å²) in [4.78, 5) is 20.2. The van der Waals surface area contributed by atoms with Gasteiger partial charge in [0.2, 0.25) is 5.89 Å². The average Bonchev–Trinajstić information content (AvgIpc) is 4.08.